The first-order chi connectivity index (χ1) is 8.08. The topological polar surface area (TPSA) is 29.1 Å². The lowest BCUT2D eigenvalue weighted by atomic mass is 10.0. The van der Waals surface area contributed by atoms with Crippen molar-refractivity contribution in [2.45, 2.75) is 38.1 Å². The van der Waals surface area contributed by atoms with E-state index >= 15 is 0 Å². The Balaban J connectivity index is 2.71. The highest BCUT2D eigenvalue weighted by Gasteiger charge is 2.17. The van der Waals surface area contributed by atoms with E-state index in [1.807, 2.05) is 38.2 Å². The van der Waals surface area contributed by atoms with E-state index < -0.39 is 10.8 Å². The summed E-state index contributed by atoms with van der Waals surface area (Å²) < 4.78 is 12.3. The number of benzene rings is 1. The maximum Gasteiger partial charge on any atom is 0.0545 e. The molecule has 0 heterocycles. The van der Waals surface area contributed by atoms with Gasteiger partial charge in [-0.3, -0.25) is 4.21 Å². The van der Waals surface area contributed by atoms with Crippen LogP contribution in [0.25, 0.3) is 0 Å². The van der Waals surface area contributed by atoms with Crippen molar-refractivity contribution in [1.29, 1.82) is 0 Å². The third-order valence-corrected chi connectivity index (χ3v) is 4.73. The third kappa shape index (κ3) is 4.25. The van der Waals surface area contributed by atoms with Gasteiger partial charge in [0.05, 0.1) is 10.8 Å². The summed E-state index contributed by atoms with van der Waals surface area (Å²) in [6.45, 7) is 6.41. The van der Waals surface area contributed by atoms with Crippen LogP contribution in [0.4, 0.5) is 0 Å². The lowest BCUT2D eigenvalue weighted by Gasteiger charge is -2.21. The molecule has 1 aromatic carbocycles. The Kier molecular flexibility index (Phi) is 5.86. The van der Waals surface area contributed by atoms with Crippen molar-refractivity contribution >= 4 is 10.8 Å². The van der Waals surface area contributed by atoms with Crippen LogP contribution in [0, 0.1) is 12.8 Å². The van der Waals surface area contributed by atoms with Gasteiger partial charge in [0.25, 0.3) is 0 Å². The van der Waals surface area contributed by atoms with Gasteiger partial charge in [-0.2, -0.15) is 0 Å². The summed E-state index contributed by atoms with van der Waals surface area (Å²) in [5.74, 6) is 1.24. The molecule has 3 heteroatoms. The molecule has 1 rings (SSSR count). The van der Waals surface area contributed by atoms with Crippen LogP contribution in [0.5, 0.6) is 0 Å². The first-order valence-electron chi connectivity index (χ1n) is 6.20. The fourth-order valence-corrected chi connectivity index (χ4v) is 3.39. The normalized spacial score (nSPS) is 16.5. The van der Waals surface area contributed by atoms with Gasteiger partial charge in [-0.1, -0.05) is 32.4 Å². The summed E-state index contributed by atoms with van der Waals surface area (Å²) in [6, 6.07) is 8.29. The average Bonchev–Trinajstić information content (AvgIpc) is 2.34. The number of hydrogen-bond donors (Lipinski definition) is 1. The zero-order chi connectivity index (χ0) is 12.8. The highest BCUT2D eigenvalue weighted by molar-refractivity contribution is 7.85. The molecule has 0 spiro atoms. The molecule has 3 unspecified atom stereocenters. The molecule has 0 saturated heterocycles. The molecule has 1 N–H and O–H groups in total. The van der Waals surface area contributed by atoms with Crippen LogP contribution < -0.4 is 5.32 Å². The summed E-state index contributed by atoms with van der Waals surface area (Å²) in [5, 5.41) is 3.27. The first-order valence-corrected chi connectivity index (χ1v) is 7.52. The van der Waals surface area contributed by atoms with Gasteiger partial charge in [0.1, 0.15) is 0 Å². The highest BCUT2D eigenvalue weighted by atomic mass is 32.2. The van der Waals surface area contributed by atoms with Gasteiger partial charge in [0.15, 0.2) is 0 Å². The molecule has 17 heavy (non-hydrogen) atoms. The number of aryl methyl sites for hydroxylation is 1. The smallest absolute Gasteiger partial charge is 0.0545 e. The second-order valence-corrected chi connectivity index (χ2v) is 6.11. The van der Waals surface area contributed by atoms with Crippen LogP contribution >= 0.6 is 0 Å². The fraction of sp³-hybridized carbons (Fsp3) is 0.571. The predicted molar refractivity (Wildman–Crippen MR) is 74.8 cm³/mol. The molecule has 1 aromatic rings. The van der Waals surface area contributed by atoms with Gasteiger partial charge in [-0.05, 0) is 37.6 Å². The van der Waals surface area contributed by atoms with Crippen molar-refractivity contribution < 1.29 is 4.21 Å². The molecule has 0 aliphatic heterocycles. The maximum atomic E-state index is 12.3. The second-order valence-electron chi connectivity index (χ2n) is 4.61. The summed E-state index contributed by atoms with van der Waals surface area (Å²) >= 11 is 0. The summed E-state index contributed by atoms with van der Waals surface area (Å²) in [4.78, 5) is 0.938. The fourth-order valence-electron chi connectivity index (χ4n) is 1.83. The maximum absolute atomic E-state index is 12.3. The standard InChI is InChI=1S/C14H23NOS/c1-5-12(3)14(15-4)10-17(16)13-8-6-7-11(2)9-13/h6-9,12,14-15H,5,10H2,1-4H3. The highest BCUT2D eigenvalue weighted by Crippen LogP contribution is 2.14. The van der Waals surface area contributed by atoms with Crippen molar-refractivity contribution in [3.63, 3.8) is 0 Å². The molecule has 3 atom stereocenters. The molecule has 96 valence electrons. The van der Waals surface area contributed by atoms with Gasteiger partial charge in [-0.15, -0.1) is 0 Å². The van der Waals surface area contributed by atoms with Crippen molar-refractivity contribution in [2.24, 2.45) is 5.92 Å². The molecular weight excluding hydrogens is 230 g/mol. The minimum atomic E-state index is -0.908. The van der Waals surface area contributed by atoms with E-state index in [4.69, 9.17) is 0 Å². The molecule has 0 bridgehead atoms. The lowest BCUT2D eigenvalue weighted by Crippen LogP contribution is -2.36. The number of rotatable bonds is 6. The first kappa shape index (κ1) is 14.4. The largest absolute Gasteiger partial charge is 0.316 e. The summed E-state index contributed by atoms with van der Waals surface area (Å²) in [5.41, 5.74) is 1.17. The van der Waals surface area contributed by atoms with Crippen LogP contribution in [-0.2, 0) is 10.8 Å². The van der Waals surface area contributed by atoms with Gasteiger partial charge in [-0.25, -0.2) is 0 Å². The summed E-state index contributed by atoms with van der Waals surface area (Å²) in [7, 11) is 1.04. The Morgan fingerprint density at radius 3 is 2.65 bits per heavy atom. The summed E-state index contributed by atoms with van der Waals surface area (Å²) in [6.07, 6.45) is 1.11. The van der Waals surface area contributed by atoms with E-state index in [-0.39, 0.29) is 0 Å². The number of hydrogen-bond acceptors (Lipinski definition) is 2. The molecule has 0 saturated carbocycles. The van der Waals surface area contributed by atoms with Gasteiger partial charge in [0, 0.05) is 16.7 Å². The zero-order valence-electron chi connectivity index (χ0n) is 11.2. The quantitative estimate of drug-likeness (QED) is 0.844. The van der Waals surface area contributed by atoms with Crippen molar-refractivity contribution in [3.8, 4) is 0 Å². The average molecular weight is 253 g/mol. The molecule has 0 aromatic heterocycles. The van der Waals surface area contributed by atoms with Crippen LogP contribution in [-0.4, -0.2) is 23.1 Å². The van der Waals surface area contributed by atoms with Crippen LogP contribution in [0.3, 0.4) is 0 Å². The Labute approximate surface area is 107 Å². The Hall–Kier alpha value is -0.670. The number of nitrogens with one attached hydrogen (secondary N) is 1. The van der Waals surface area contributed by atoms with Gasteiger partial charge in [0.2, 0.25) is 0 Å². The van der Waals surface area contributed by atoms with Crippen LogP contribution in [0.15, 0.2) is 29.2 Å². The minimum absolute atomic E-state index is 0.321. The zero-order valence-corrected chi connectivity index (χ0v) is 12.0. The Morgan fingerprint density at radius 2 is 2.12 bits per heavy atom. The van der Waals surface area contributed by atoms with E-state index in [0.29, 0.717) is 17.7 Å². The second kappa shape index (κ2) is 6.92. The molecule has 0 aliphatic carbocycles. The van der Waals surface area contributed by atoms with Crippen molar-refractivity contribution in [1.82, 2.24) is 5.32 Å². The molecular formula is C14H23NOS. The van der Waals surface area contributed by atoms with E-state index in [0.717, 1.165) is 11.3 Å². The Bertz CT molecular complexity index is 378. The van der Waals surface area contributed by atoms with Crippen LogP contribution in [0.1, 0.15) is 25.8 Å². The van der Waals surface area contributed by atoms with Crippen molar-refractivity contribution in [2.75, 3.05) is 12.8 Å². The molecule has 0 amide bonds. The van der Waals surface area contributed by atoms with Crippen molar-refractivity contribution in [3.05, 3.63) is 29.8 Å². The Morgan fingerprint density at radius 1 is 1.41 bits per heavy atom. The SMILES string of the molecule is CCC(C)C(CS(=O)c1cccc(C)c1)NC. The third-order valence-electron chi connectivity index (χ3n) is 3.28. The predicted octanol–water partition coefficient (Wildman–Crippen LogP) is 2.74. The van der Waals surface area contributed by atoms with Gasteiger partial charge >= 0.3 is 0 Å². The molecule has 0 fully saturated rings. The lowest BCUT2D eigenvalue weighted by molar-refractivity contribution is 0.418. The van der Waals surface area contributed by atoms with E-state index in [1.165, 1.54) is 5.56 Å². The molecule has 2 nitrogen and oxygen atoms in total. The molecule has 0 aliphatic rings. The minimum Gasteiger partial charge on any atom is -0.316 e. The van der Waals surface area contributed by atoms with Crippen LogP contribution in [0.2, 0.25) is 0 Å². The molecule has 0 radical (unpaired) electrons. The van der Waals surface area contributed by atoms with Gasteiger partial charge < -0.3 is 5.32 Å². The van der Waals surface area contributed by atoms with E-state index in [9.17, 15) is 4.21 Å². The van der Waals surface area contributed by atoms with E-state index in [1.54, 1.807) is 0 Å². The monoisotopic (exact) mass is 253 g/mol. The van der Waals surface area contributed by atoms with E-state index in [2.05, 4.69) is 19.2 Å².